The fourth-order valence-electron chi connectivity index (χ4n) is 1.35. The highest BCUT2D eigenvalue weighted by molar-refractivity contribution is 5.32. The number of nitrogens with zero attached hydrogens (tertiary/aromatic N) is 1. The van der Waals surface area contributed by atoms with E-state index in [-0.39, 0.29) is 0 Å². The zero-order valence-electron chi connectivity index (χ0n) is 8.42. The Hall–Kier alpha value is -1.23. The fourth-order valence-corrected chi connectivity index (χ4v) is 1.35. The lowest BCUT2D eigenvalue weighted by Gasteiger charge is -2.26. The highest BCUT2D eigenvalue weighted by Gasteiger charge is 2.31. The van der Waals surface area contributed by atoms with E-state index in [0.717, 1.165) is 12.2 Å². The van der Waals surface area contributed by atoms with E-state index in [0.29, 0.717) is 6.61 Å². The maximum atomic E-state index is 9.03. The minimum Gasteiger partial charge on any atom is -0.497 e. The number of nitriles is 1. The third kappa shape index (κ3) is 1.92. The molecular weight excluding hydrogens is 162 g/mol. The van der Waals surface area contributed by atoms with Gasteiger partial charge in [0.15, 0.2) is 0 Å². The number of hydrogen-bond acceptors (Lipinski definition) is 2. The molecule has 1 aliphatic rings. The van der Waals surface area contributed by atoms with Crippen LogP contribution in [0.4, 0.5) is 0 Å². The molecule has 0 saturated carbocycles. The van der Waals surface area contributed by atoms with E-state index in [1.807, 2.05) is 26.8 Å². The van der Waals surface area contributed by atoms with Crippen LogP contribution in [0.25, 0.3) is 0 Å². The van der Waals surface area contributed by atoms with Gasteiger partial charge in [0.1, 0.15) is 11.2 Å². The minimum absolute atomic E-state index is 0.463. The van der Waals surface area contributed by atoms with Crippen LogP contribution in [0.1, 0.15) is 27.2 Å². The second kappa shape index (κ2) is 3.66. The van der Waals surface area contributed by atoms with Crippen LogP contribution in [0, 0.1) is 16.7 Å². The van der Waals surface area contributed by atoms with E-state index in [2.05, 4.69) is 12.1 Å². The van der Waals surface area contributed by atoms with Crippen molar-refractivity contribution in [1.29, 1.82) is 5.26 Å². The Kier molecular flexibility index (Phi) is 2.77. The molecule has 0 aromatic heterocycles. The Morgan fingerprint density at radius 2 is 2.38 bits per heavy atom. The summed E-state index contributed by atoms with van der Waals surface area (Å²) in [6.45, 7) is 6.50. The van der Waals surface area contributed by atoms with Gasteiger partial charge in [0.2, 0.25) is 0 Å². The van der Waals surface area contributed by atoms with Gasteiger partial charge in [-0.25, -0.2) is 0 Å². The third-order valence-corrected chi connectivity index (χ3v) is 2.28. The number of hydrogen-bond donors (Lipinski definition) is 0. The summed E-state index contributed by atoms with van der Waals surface area (Å²) in [7, 11) is 0. The van der Waals surface area contributed by atoms with Crippen LogP contribution in [0.5, 0.6) is 0 Å². The first-order valence-corrected chi connectivity index (χ1v) is 4.55. The second-order valence-corrected chi connectivity index (χ2v) is 3.54. The lowest BCUT2D eigenvalue weighted by atomic mass is 9.81. The molecule has 0 aliphatic heterocycles. The summed E-state index contributed by atoms with van der Waals surface area (Å²) in [5.41, 5.74) is 0.714. The molecule has 2 nitrogen and oxygen atoms in total. The number of rotatable bonds is 2. The molecule has 1 atom stereocenters. The molecule has 0 bridgehead atoms. The Morgan fingerprint density at radius 1 is 1.69 bits per heavy atom. The maximum absolute atomic E-state index is 9.03. The van der Waals surface area contributed by atoms with Crippen LogP contribution in [-0.2, 0) is 4.74 Å². The molecule has 1 rings (SSSR count). The lowest BCUT2D eigenvalue weighted by Crippen LogP contribution is -2.21. The molecule has 0 N–H and O–H groups in total. The summed E-state index contributed by atoms with van der Waals surface area (Å²) in [5.74, 6) is 0.803. The molecule has 1 unspecified atom stereocenters. The standard InChI is InChI=1S/C11H15NO/c1-4-13-10-7-9(2)5-6-11(10,3)8-12/h5,7H,4,6H2,1-3H3. The average molecular weight is 177 g/mol. The first-order valence-electron chi connectivity index (χ1n) is 4.55. The van der Waals surface area contributed by atoms with Crippen LogP contribution in [0.2, 0.25) is 0 Å². The maximum Gasteiger partial charge on any atom is 0.116 e. The van der Waals surface area contributed by atoms with E-state index in [1.165, 1.54) is 5.57 Å². The fraction of sp³-hybridized carbons (Fsp3) is 0.545. The summed E-state index contributed by atoms with van der Waals surface area (Å²) in [6, 6.07) is 2.30. The predicted molar refractivity (Wildman–Crippen MR) is 51.8 cm³/mol. The molecule has 0 amide bonds. The van der Waals surface area contributed by atoms with Gasteiger partial charge in [-0.05, 0) is 33.3 Å². The Morgan fingerprint density at radius 3 is 2.92 bits per heavy atom. The monoisotopic (exact) mass is 177 g/mol. The van der Waals surface area contributed by atoms with Crippen molar-refractivity contribution in [2.45, 2.75) is 27.2 Å². The Bertz CT molecular complexity index is 296. The smallest absolute Gasteiger partial charge is 0.116 e. The van der Waals surface area contributed by atoms with E-state index in [1.54, 1.807) is 0 Å². The first-order chi connectivity index (χ1) is 6.12. The van der Waals surface area contributed by atoms with Gasteiger partial charge in [-0.3, -0.25) is 0 Å². The molecule has 13 heavy (non-hydrogen) atoms. The molecule has 0 radical (unpaired) electrons. The van der Waals surface area contributed by atoms with Crippen molar-refractivity contribution >= 4 is 0 Å². The van der Waals surface area contributed by atoms with Gasteiger partial charge < -0.3 is 4.74 Å². The molecule has 0 spiro atoms. The van der Waals surface area contributed by atoms with Crippen molar-refractivity contribution in [3.63, 3.8) is 0 Å². The second-order valence-electron chi connectivity index (χ2n) is 3.54. The van der Waals surface area contributed by atoms with Gasteiger partial charge >= 0.3 is 0 Å². The zero-order valence-corrected chi connectivity index (χ0v) is 8.42. The van der Waals surface area contributed by atoms with Gasteiger partial charge in [-0.15, -0.1) is 0 Å². The van der Waals surface area contributed by atoms with Crippen LogP contribution < -0.4 is 0 Å². The van der Waals surface area contributed by atoms with Gasteiger partial charge in [-0.2, -0.15) is 5.26 Å². The lowest BCUT2D eigenvalue weighted by molar-refractivity contribution is 0.170. The van der Waals surface area contributed by atoms with E-state index < -0.39 is 5.41 Å². The van der Waals surface area contributed by atoms with Crippen LogP contribution in [-0.4, -0.2) is 6.61 Å². The van der Waals surface area contributed by atoms with Crippen LogP contribution >= 0.6 is 0 Å². The third-order valence-electron chi connectivity index (χ3n) is 2.28. The van der Waals surface area contributed by atoms with Crippen molar-refractivity contribution in [2.24, 2.45) is 5.41 Å². The largest absolute Gasteiger partial charge is 0.497 e. The molecule has 0 aromatic rings. The highest BCUT2D eigenvalue weighted by Crippen LogP contribution is 2.35. The summed E-state index contributed by atoms with van der Waals surface area (Å²) < 4.78 is 5.46. The summed E-state index contributed by atoms with van der Waals surface area (Å²) in [5, 5.41) is 9.03. The average Bonchev–Trinajstić information content (AvgIpc) is 2.12. The molecule has 0 saturated heterocycles. The van der Waals surface area contributed by atoms with Crippen molar-refractivity contribution in [3.05, 3.63) is 23.5 Å². The molecular formula is C11H15NO. The van der Waals surface area contributed by atoms with Crippen LogP contribution in [0.15, 0.2) is 23.5 Å². The highest BCUT2D eigenvalue weighted by atomic mass is 16.5. The van der Waals surface area contributed by atoms with E-state index in [4.69, 9.17) is 10.00 Å². The topological polar surface area (TPSA) is 33.0 Å². The first kappa shape index (κ1) is 9.85. The van der Waals surface area contributed by atoms with Gasteiger partial charge in [0.05, 0.1) is 12.7 Å². The number of allylic oxidation sites excluding steroid dienone is 4. The summed E-state index contributed by atoms with van der Waals surface area (Å²) >= 11 is 0. The summed E-state index contributed by atoms with van der Waals surface area (Å²) in [6.07, 6.45) is 4.78. The molecule has 1 aliphatic carbocycles. The Balaban J connectivity index is 2.94. The van der Waals surface area contributed by atoms with Crippen molar-refractivity contribution in [1.82, 2.24) is 0 Å². The van der Waals surface area contributed by atoms with Gasteiger partial charge in [-0.1, -0.05) is 11.6 Å². The predicted octanol–water partition coefficient (Wildman–Crippen LogP) is 2.79. The van der Waals surface area contributed by atoms with Gasteiger partial charge in [0.25, 0.3) is 0 Å². The normalized spacial score (nSPS) is 27.2. The molecule has 0 heterocycles. The van der Waals surface area contributed by atoms with Crippen molar-refractivity contribution in [3.8, 4) is 6.07 Å². The van der Waals surface area contributed by atoms with Crippen molar-refractivity contribution < 1.29 is 4.74 Å². The molecule has 0 aromatic carbocycles. The Labute approximate surface area is 79.5 Å². The van der Waals surface area contributed by atoms with Crippen LogP contribution in [0.3, 0.4) is 0 Å². The van der Waals surface area contributed by atoms with Crippen molar-refractivity contribution in [2.75, 3.05) is 6.61 Å². The quantitative estimate of drug-likeness (QED) is 0.649. The van der Waals surface area contributed by atoms with E-state index >= 15 is 0 Å². The number of ether oxygens (including phenoxy) is 1. The molecule has 2 heteroatoms. The molecule has 70 valence electrons. The van der Waals surface area contributed by atoms with E-state index in [9.17, 15) is 0 Å². The minimum atomic E-state index is -0.463. The molecule has 0 fully saturated rings. The van der Waals surface area contributed by atoms with Gasteiger partial charge in [0, 0.05) is 0 Å². The zero-order chi connectivity index (χ0) is 9.90. The SMILES string of the molecule is CCOC1=CC(C)=CCC1(C)C#N. The summed E-state index contributed by atoms with van der Waals surface area (Å²) in [4.78, 5) is 0.